The van der Waals surface area contributed by atoms with E-state index in [1.54, 1.807) is 4.90 Å². The predicted molar refractivity (Wildman–Crippen MR) is 180 cm³/mol. The molecule has 0 amide bonds. The van der Waals surface area contributed by atoms with Crippen molar-refractivity contribution >= 4 is 28.0 Å². The van der Waals surface area contributed by atoms with Crippen molar-refractivity contribution in [1.82, 2.24) is 0 Å². The number of hydrogen-bond acceptors (Lipinski definition) is 0. The quantitative estimate of drug-likeness (QED) is 0.0692. The van der Waals surface area contributed by atoms with Crippen LogP contribution in [0.1, 0.15) is 44.4 Å². The molecule has 0 aliphatic carbocycles. The number of hydrogen-bond donors (Lipinski definition) is 1. The highest BCUT2D eigenvalue weighted by molar-refractivity contribution is 7.20. The van der Waals surface area contributed by atoms with Crippen molar-refractivity contribution in [2.45, 2.75) is 60.2 Å². The normalized spacial score (nSPS) is 12.0. The Morgan fingerprint density at radius 1 is 0.328 bits per heavy atom. The van der Waals surface area contributed by atoms with Crippen molar-refractivity contribution < 1.29 is 92.7 Å². The van der Waals surface area contributed by atoms with E-state index >= 15 is 35.1 Å². The van der Waals surface area contributed by atoms with E-state index in [1.165, 1.54) is 16.7 Å². The number of benzene rings is 5. The first-order valence-electron chi connectivity index (χ1n) is 17.3. The van der Waals surface area contributed by atoms with E-state index in [4.69, 9.17) is 0 Å². The summed E-state index contributed by atoms with van der Waals surface area (Å²) in [6, 6.07) is 8.24. The van der Waals surface area contributed by atoms with Crippen LogP contribution in [-0.2, 0) is 6.54 Å². The topological polar surface area (TPSA) is 4.44 Å². The average Bonchev–Trinajstić information content (AvgIpc) is 3.19. The first-order valence-corrected chi connectivity index (χ1v) is 17.3. The standard InChI is InChI=1S/C24BF20.C15H25N/c26-5-1(6(27)14(35)21(42)13(5)34)25(2-7(28)15(36)22(43)16(37)8(2)29,3-9(30)17(38)23(44)18(39)10(3)31)4-11(32)19(40)24(45)20(41)12(4)33;1-11(2)16(12(3)4)10-15-8-13(5)7-14(6)9-15/h;7-9,11-12H,10H2,1-6H3/q-1;/p+1. The summed E-state index contributed by atoms with van der Waals surface area (Å²) in [5.41, 5.74) is -10.1. The molecular weight excluding hydrogens is 873 g/mol. The maximum atomic E-state index is 15.4. The van der Waals surface area contributed by atoms with Crippen molar-refractivity contribution in [2.75, 3.05) is 0 Å². The third kappa shape index (κ3) is 7.91. The number of halogens is 20. The Hall–Kier alpha value is -5.28. The zero-order valence-corrected chi connectivity index (χ0v) is 31.7. The average molecular weight is 899 g/mol. The molecule has 22 heteroatoms. The van der Waals surface area contributed by atoms with Gasteiger partial charge in [-0.25, -0.2) is 87.8 Å². The molecule has 0 spiro atoms. The van der Waals surface area contributed by atoms with Gasteiger partial charge in [0.15, 0.2) is 69.8 Å². The van der Waals surface area contributed by atoms with Gasteiger partial charge in [-0.3, -0.25) is 0 Å². The van der Waals surface area contributed by atoms with Crippen LogP contribution in [0.3, 0.4) is 0 Å². The summed E-state index contributed by atoms with van der Waals surface area (Å²) >= 11 is 0. The van der Waals surface area contributed by atoms with E-state index in [1.807, 2.05) is 0 Å². The monoisotopic (exact) mass is 899 g/mol. The minimum atomic E-state index is -7.22. The van der Waals surface area contributed by atoms with Crippen LogP contribution in [0.2, 0.25) is 0 Å². The molecule has 5 aromatic rings. The summed E-state index contributed by atoms with van der Waals surface area (Å²) in [6.07, 6.45) is -7.22. The highest BCUT2D eigenvalue weighted by atomic mass is 19.2. The fourth-order valence-corrected chi connectivity index (χ4v) is 7.36. The van der Waals surface area contributed by atoms with Crippen molar-refractivity contribution in [1.29, 1.82) is 0 Å². The SMILES string of the molecule is Cc1cc(C)cc(C[NH+](C(C)C)C(C)C)c1.Fc1c(F)c(F)c([B-](c2c(F)c(F)c(F)c(F)c2F)(c2c(F)c(F)c(F)c(F)c2F)c2c(F)c(F)c(F)c(F)c2F)c(F)c1F. The van der Waals surface area contributed by atoms with Crippen LogP contribution in [0.4, 0.5) is 87.8 Å². The van der Waals surface area contributed by atoms with Gasteiger partial charge in [-0.1, -0.05) is 29.3 Å². The molecular formula is C39H26BF20N. The van der Waals surface area contributed by atoms with Crippen LogP contribution in [0, 0.1) is 130 Å². The molecule has 5 rings (SSSR count). The molecule has 330 valence electrons. The van der Waals surface area contributed by atoms with Gasteiger partial charge in [0.05, 0.1) is 12.1 Å². The molecule has 5 aromatic carbocycles. The number of quaternary nitrogens is 1. The van der Waals surface area contributed by atoms with E-state index in [2.05, 4.69) is 59.7 Å². The zero-order chi connectivity index (χ0) is 46.6. The first-order chi connectivity index (χ1) is 28.1. The van der Waals surface area contributed by atoms with Gasteiger partial charge in [-0.15, -0.1) is 21.9 Å². The minimum Gasteiger partial charge on any atom is -0.327 e. The summed E-state index contributed by atoms with van der Waals surface area (Å²) in [5, 5.41) is 0. The summed E-state index contributed by atoms with van der Waals surface area (Å²) < 4.78 is 294. The molecule has 0 aliphatic rings. The van der Waals surface area contributed by atoms with Crippen molar-refractivity contribution in [2.24, 2.45) is 0 Å². The Labute approximate surface area is 332 Å². The molecule has 0 aliphatic heterocycles. The number of aryl methyl sites for hydroxylation is 2. The van der Waals surface area contributed by atoms with Crippen LogP contribution in [0.5, 0.6) is 0 Å². The molecule has 0 aromatic heterocycles. The lowest BCUT2D eigenvalue weighted by Gasteiger charge is -2.44. The van der Waals surface area contributed by atoms with Crippen LogP contribution in [0.25, 0.3) is 0 Å². The van der Waals surface area contributed by atoms with E-state index in [0.717, 1.165) is 6.54 Å². The van der Waals surface area contributed by atoms with Gasteiger partial charge >= 0.3 is 0 Å². The van der Waals surface area contributed by atoms with Gasteiger partial charge in [-0.05, 0) is 41.5 Å². The van der Waals surface area contributed by atoms with Gasteiger partial charge in [0.1, 0.15) is 59.2 Å². The van der Waals surface area contributed by atoms with Gasteiger partial charge in [-0.2, -0.15) is 0 Å². The predicted octanol–water partition coefficient (Wildman–Crippen LogP) is 8.35. The second kappa shape index (κ2) is 17.6. The fraction of sp³-hybridized carbons (Fsp3) is 0.231. The molecule has 0 atom stereocenters. The lowest BCUT2D eigenvalue weighted by molar-refractivity contribution is -0.955. The van der Waals surface area contributed by atoms with Gasteiger partial charge < -0.3 is 4.90 Å². The first kappa shape index (κ1) is 48.4. The van der Waals surface area contributed by atoms with Crippen molar-refractivity contribution in [3.63, 3.8) is 0 Å². The van der Waals surface area contributed by atoms with Crippen LogP contribution >= 0.6 is 0 Å². The highest BCUT2D eigenvalue weighted by Crippen LogP contribution is 2.30. The number of rotatable bonds is 8. The lowest BCUT2D eigenvalue weighted by Crippen LogP contribution is -3.16. The third-order valence-electron chi connectivity index (χ3n) is 9.88. The molecule has 0 saturated carbocycles. The zero-order valence-electron chi connectivity index (χ0n) is 31.7. The molecule has 1 N–H and O–H groups in total. The van der Waals surface area contributed by atoms with Gasteiger partial charge in [0, 0.05) is 5.56 Å². The van der Waals surface area contributed by atoms with E-state index in [-0.39, 0.29) is 0 Å². The van der Waals surface area contributed by atoms with E-state index in [0.29, 0.717) is 12.1 Å². The summed E-state index contributed by atoms with van der Waals surface area (Å²) in [6.45, 7) is 14.7. The third-order valence-corrected chi connectivity index (χ3v) is 9.88. The molecule has 0 unspecified atom stereocenters. The maximum Gasteiger partial charge on any atom is 0.200 e. The molecule has 0 fully saturated rings. The van der Waals surface area contributed by atoms with E-state index in [9.17, 15) is 52.7 Å². The van der Waals surface area contributed by atoms with Gasteiger partial charge in [0.2, 0.25) is 0 Å². The molecule has 1 nitrogen and oxygen atoms in total. The Balaban J connectivity index is 0.000000430. The van der Waals surface area contributed by atoms with Crippen molar-refractivity contribution in [3.8, 4) is 0 Å². The fourth-order valence-electron chi connectivity index (χ4n) is 7.36. The molecule has 61 heavy (non-hydrogen) atoms. The largest absolute Gasteiger partial charge is 0.327 e. The summed E-state index contributed by atoms with van der Waals surface area (Å²) in [7, 11) is 0. The smallest absolute Gasteiger partial charge is 0.200 e. The molecule has 0 radical (unpaired) electrons. The van der Waals surface area contributed by atoms with E-state index < -0.39 is 144 Å². The van der Waals surface area contributed by atoms with Crippen LogP contribution in [-0.4, -0.2) is 18.2 Å². The minimum absolute atomic E-state index is 0.681. The molecule has 0 saturated heterocycles. The molecule has 0 bridgehead atoms. The second-order valence-corrected chi connectivity index (χ2v) is 14.4. The number of nitrogens with one attached hydrogen (secondary N) is 1. The second-order valence-electron chi connectivity index (χ2n) is 14.4. The van der Waals surface area contributed by atoms with Gasteiger partial charge in [0.25, 0.3) is 0 Å². The Kier molecular flexibility index (Phi) is 14.0. The highest BCUT2D eigenvalue weighted by Gasteiger charge is 2.52. The Morgan fingerprint density at radius 3 is 0.689 bits per heavy atom. The summed E-state index contributed by atoms with van der Waals surface area (Å²) in [5.74, 6) is -71.4. The summed E-state index contributed by atoms with van der Waals surface area (Å²) in [4.78, 5) is 1.66. The van der Waals surface area contributed by atoms with Crippen LogP contribution < -0.4 is 26.8 Å². The lowest BCUT2D eigenvalue weighted by atomic mass is 9.12. The Morgan fingerprint density at radius 2 is 0.508 bits per heavy atom. The molecule has 0 heterocycles. The Bertz CT molecular complexity index is 2150. The van der Waals surface area contributed by atoms with Crippen molar-refractivity contribution in [3.05, 3.63) is 151 Å². The van der Waals surface area contributed by atoms with Crippen LogP contribution in [0.15, 0.2) is 18.2 Å². The maximum absolute atomic E-state index is 15.4.